The fraction of sp³-hybridized carbons (Fsp3) is 0. The molecule has 234 valence electrons. The zero-order valence-electron chi connectivity index (χ0n) is 27.0. The lowest BCUT2D eigenvalue weighted by Gasteiger charge is -2.12. The van der Waals surface area contributed by atoms with Crippen LogP contribution in [0.1, 0.15) is 0 Å². The zero-order valence-corrected chi connectivity index (χ0v) is 27.0. The van der Waals surface area contributed by atoms with Gasteiger partial charge in [-0.2, -0.15) is 0 Å². The highest BCUT2D eigenvalue weighted by atomic mass is 15.0. The van der Waals surface area contributed by atoms with Crippen LogP contribution in [0.5, 0.6) is 0 Å². The van der Waals surface area contributed by atoms with Crippen LogP contribution in [0, 0.1) is 0 Å². The standard InChI is InChI=1S/C45H29N5/c1-4-13-30(14-5-1)43-46-44(31-15-6-2-7-16-31)48-45(47-43)33-17-12-20-37(26-33)50-40-22-11-10-21-38(40)39-27-34-25-32-23-24-49(36-18-8-3-9-19-36)41(32)28-35(34)29-42(39)50/h1-29H. The monoisotopic (exact) mass is 639 g/mol. The van der Waals surface area contributed by atoms with E-state index < -0.39 is 0 Å². The minimum absolute atomic E-state index is 0.634. The maximum atomic E-state index is 5.01. The Labute approximate surface area is 288 Å². The summed E-state index contributed by atoms with van der Waals surface area (Å²) >= 11 is 0. The first kappa shape index (κ1) is 28.2. The Morgan fingerprint density at radius 2 is 0.900 bits per heavy atom. The van der Waals surface area contributed by atoms with Crippen molar-refractivity contribution in [1.29, 1.82) is 0 Å². The quantitative estimate of drug-likeness (QED) is 0.188. The Morgan fingerprint density at radius 3 is 1.62 bits per heavy atom. The van der Waals surface area contributed by atoms with Crippen LogP contribution in [-0.2, 0) is 0 Å². The van der Waals surface area contributed by atoms with Gasteiger partial charge in [0.15, 0.2) is 17.5 Å². The lowest BCUT2D eigenvalue weighted by atomic mass is 10.0. The van der Waals surface area contributed by atoms with Crippen molar-refractivity contribution in [3.05, 3.63) is 176 Å². The van der Waals surface area contributed by atoms with Gasteiger partial charge in [0.1, 0.15) is 0 Å². The predicted octanol–water partition coefficient (Wildman–Crippen LogP) is 11.1. The molecule has 0 fully saturated rings. The number of para-hydroxylation sites is 2. The van der Waals surface area contributed by atoms with Crippen LogP contribution in [0.2, 0.25) is 0 Å². The normalized spacial score (nSPS) is 11.6. The molecule has 5 nitrogen and oxygen atoms in total. The highest BCUT2D eigenvalue weighted by Crippen LogP contribution is 2.37. The summed E-state index contributed by atoms with van der Waals surface area (Å²) in [6.45, 7) is 0. The van der Waals surface area contributed by atoms with Crippen LogP contribution in [0.25, 0.3) is 89.0 Å². The van der Waals surface area contributed by atoms with Gasteiger partial charge in [-0.15, -0.1) is 0 Å². The molecule has 0 aliphatic heterocycles. The molecule has 3 heterocycles. The molecule has 50 heavy (non-hydrogen) atoms. The molecule has 0 saturated carbocycles. The summed E-state index contributed by atoms with van der Waals surface area (Å²) in [7, 11) is 0. The van der Waals surface area contributed by atoms with Gasteiger partial charge in [0, 0.05) is 50.4 Å². The lowest BCUT2D eigenvalue weighted by molar-refractivity contribution is 1.07. The van der Waals surface area contributed by atoms with Crippen LogP contribution in [0.4, 0.5) is 0 Å². The molecular weight excluding hydrogens is 611 g/mol. The first-order chi connectivity index (χ1) is 24.8. The van der Waals surface area contributed by atoms with E-state index in [0.717, 1.165) is 39.1 Å². The van der Waals surface area contributed by atoms with Gasteiger partial charge >= 0.3 is 0 Å². The summed E-state index contributed by atoms with van der Waals surface area (Å²) < 4.78 is 4.63. The Hall–Kier alpha value is -6.85. The molecule has 3 aromatic heterocycles. The largest absolute Gasteiger partial charge is 0.317 e. The number of aromatic nitrogens is 5. The van der Waals surface area contributed by atoms with Gasteiger partial charge in [0.25, 0.3) is 0 Å². The second-order valence-corrected chi connectivity index (χ2v) is 12.6. The fourth-order valence-electron chi connectivity index (χ4n) is 7.16. The number of hydrogen-bond acceptors (Lipinski definition) is 3. The van der Waals surface area contributed by atoms with Gasteiger partial charge in [-0.25, -0.2) is 15.0 Å². The average Bonchev–Trinajstić information content (AvgIpc) is 3.75. The number of fused-ring (bicyclic) bond motifs is 5. The second-order valence-electron chi connectivity index (χ2n) is 12.6. The van der Waals surface area contributed by atoms with E-state index in [1.807, 2.05) is 60.7 Å². The van der Waals surface area contributed by atoms with Crippen molar-refractivity contribution in [2.45, 2.75) is 0 Å². The van der Waals surface area contributed by atoms with Crippen LogP contribution >= 0.6 is 0 Å². The van der Waals surface area contributed by atoms with Gasteiger partial charge in [-0.3, -0.25) is 0 Å². The third-order valence-corrected chi connectivity index (χ3v) is 9.54. The van der Waals surface area contributed by atoms with Crippen LogP contribution in [-0.4, -0.2) is 24.1 Å². The maximum absolute atomic E-state index is 5.01. The van der Waals surface area contributed by atoms with E-state index in [4.69, 9.17) is 15.0 Å². The first-order valence-corrected chi connectivity index (χ1v) is 16.8. The molecule has 0 N–H and O–H groups in total. The molecular formula is C45H29N5. The summed E-state index contributed by atoms with van der Waals surface area (Å²) in [5.41, 5.74) is 8.51. The number of benzene rings is 7. The van der Waals surface area contributed by atoms with Gasteiger partial charge in [0.05, 0.1) is 16.6 Å². The smallest absolute Gasteiger partial charge is 0.164 e. The van der Waals surface area contributed by atoms with Crippen LogP contribution in [0.15, 0.2) is 176 Å². The molecule has 10 rings (SSSR count). The highest BCUT2D eigenvalue weighted by Gasteiger charge is 2.17. The topological polar surface area (TPSA) is 48.5 Å². The summed E-state index contributed by atoms with van der Waals surface area (Å²) in [4.78, 5) is 14.9. The molecule has 0 bridgehead atoms. The average molecular weight is 640 g/mol. The zero-order chi connectivity index (χ0) is 33.0. The van der Waals surface area contributed by atoms with Crippen molar-refractivity contribution >= 4 is 43.5 Å². The van der Waals surface area contributed by atoms with Gasteiger partial charge < -0.3 is 9.13 Å². The molecule has 0 amide bonds. The van der Waals surface area contributed by atoms with E-state index >= 15 is 0 Å². The first-order valence-electron chi connectivity index (χ1n) is 16.8. The molecule has 5 heteroatoms. The molecule has 0 aliphatic carbocycles. The van der Waals surface area contributed by atoms with E-state index in [2.05, 4.69) is 125 Å². The Kier molecular flexibility index (Phi) is 6.42. The second kappa shape index (κ2) is 11.4. The van der Waals surface area contributed by atoms with Crippen molar-refractivity contribution < 1.29 is 0 Å². The SMILES string of the molecule is c1ccc(-c2nc(-c3ccccc3)nc(-c3cccc(-n4c5ccccc5c5cc6cc7ccn(-c8ccccc8)c7cc6cc54)c3)n2)cc1. The van der Waals surface area contributed by atoms with Crippen LogP contribution < -0.4 is 0 Å². The molecule has 0 atom stereocenters. The third-order valence-electron chi connectivity index (χ3n) is 9.54. The Balaban J connectivity index is 1.17. The van der Waals surface area contributed by atoms with Crippen molar-refractivity contribution in [3.8, 4) is 45.5 Å². The number of rotatable bonds is 5. The van der Waals surface area contributed by atoms with E-state index in [0.29, 0.717) is 17.5 Å². The molecule has 10 aromatic rings. The molecule has 7 aromatic carbocycles. The van der Waals surface area contributed by atoms with E-state index in [9.17, 15) is 0 Å². The van der Waals surface area contributed by atoms with Gasteiger partial charge in [0.2, 0.25) is 0 Å². The summed E-state index contributed by atoms with van der Waals surface area (Å²) in [5.74, 6) is 1.93. The van der Waals surface area contributed by atoms with Gasteiger partial charge in [-0.1, -0.05) is 109 Å². The van der Waals surface area contributed by atoms with Crippen molar-refractivity contribution in [1.82, 2.24) is 24.1 Å². The molecule has 0 radical (unpaired) electrons. The molecule has 0 saturated heterocycles. The van der Waals surface area contributed by atoms with Crippen molar-refractivity contribution in [2.24, 2.45) is 0 Å². The van der Waals surface area contributed by atoms with E-state index in [-0.39, 0.29) is 0 Å². The Bertz CT molecular complexity index is 2800. The molecule has 0 spiro atoms. The molecule has 0 unspecified atom stereocenters. The van der Waals surface area contributed by atoms with Crippen LogP contribution in [0.3, 0.4) is 0 Å². The number of nitrogens with zero attached hydrogens (tertiary/aromatic N) is 5. The third kappa shape index (κ3) is 4.67. The van der Waals surface area contributed by atoms with Crippen molar-refractivity contribution in [2.75, 3.05) is 0 Å². The van der Waals surface area contributed by atoms with E-state index in [1.165, 1.54) is 32.4 Å². The molecule has 0 aliphatic rings. The van der Waals surface area contributed by atoms with Crippen molar-refractivity contribution in [3.63, 3.8) is 0 Å². The lowest BCUT2D eigenvalue weighted by Crippen LogP contribution is -2.01. The summed E-state index contributed by atoms with van der Waals surface area (Å²) in [6, 6.07) is 59.4. The predicted molar refractivity (Wildman–Crippen MR) is 205 cm³/mol. The minimum atomic E-state index is 0.634. The fourth-order valence-corrected chi connectivity index (χ4v) is 7.16. The van der Waals surface area contributed by atoms with Gasteiger partial charge in [-0.05, 0) is 71.4 Å². The minimum Gasteiger partial charge on any atom is -0.317 e. The Morgan fingerprint density at radius 1 is 0.340 bits per heavy atom. The van der Waals surface area contributed by atoms with E-state index in [1.54, 1.807) is 0 Å². The summed E-state index contributed by atoms with van der Waals surface area (Å²) in [6.07, 6.45) is 2.16. The number of hydrogen-bond donors (Lipinski definition) is 0. The maximum Gasteiger partial charge on any atom is 0.164 e. The highest BCUT2D eigenvalue weighted by molar-refractivity contribution is 6.15. The summed E-state index contributed by atoms with van der Waals surface area (Å²) in [5, 5.41) is 6.07.